The van der Waals surface area contributed by atoms with Crippen LogP contribution in [0.3, 0.4) is 0 Å². The van der Waals surface area contributed by atoms with Crippen molar-refractivity contribution in [3.63, 3.8) is 0 Å². The standard InChI is InChI=1S/C10H16N2O2/c1-7-4-2-3-5-10(7)9(14)11-6-8(13)12-10/h7H,2-6H2,1H3,(H,11,14)(H,12,13). The normalized spacial score (nSPS) is 37.9. The SMILES string of the molecule is CC1CCCCC12NC(=O)CNC2=O. The minimum absolute atomic E-state index is 0.00398. The Kier molecular flexibility index (Phi) is 2.21. The first-order chi connectivity index (χ1) is 6.65. The van der Waals surface area contributed by atoms with E-state index in [1.165, 1.54) is 0 Å². The fourth-order valence-corrected chi connectivity index (χ4v) is 2.54. The van der Waals surface area contributed by atoms with Gasteiger partial charge in [-0.25, -0.2) is 0 Å². The molecule has 1 aliphatic carbocycles. The Bertz CT molecular complexity index is 277. The Labute approximate surface area is 83.4 Å². The maximum absolute atomic E-state index is 11.8. The van der Waals surface area contributed by atoms with Crippen molar-refractivity contribution in [3.8, 4) is 0 Å². The van der Waals surface area contributed by atoms with E-state index < -0.39 is 5.54 Å². The quantitative estimate of drug-likeness (QED) is 0.580. The zero-order valence-electron chi connectivity index (χ0n) is 8.43. The zero-order valence-corrected chi connectivity index (χ0v) is 8.43. The van der Waals surface area contributed by atoms with E-state index in [4.69, 9.17) is 0 Å². The van der Waals surface area contributed by atoms with Gasteiger partial charge in [0.15, 0.2) is 0 Å². The fourth-order valence-electron chi connectivity index (χ4n) is 2.54. The predicted octanol–water partition coefficient (Wildman–Crippen LogP) is 0.181. The molecule has 0 bridgehead atoms. The number of amides is 2. The summed E-state index contributed by atoms with van der Waals surface area (Å²) in [6.07, 6.45) is 3.99. The summed E-state index contributed by atoms with van der Waals surface area (Å²) in [6.45, 7) is 2.18. The highest BCUT2D eigenvalue weighted by Gasteiger charge is 2.47. The molecule has 0 aromatic rings. The first kappa shape index (κ1) is 9.49. The third kappa shape index (κ3) is 1.29. The average Bonchev–Trinajstić information content (AvgIpc) is 2.17. The largest absolute Gasteiger partial charge is 0.345 e. The van der Waals surface area contributed by atoms with Crippen LogP contribution < -0.4 is 10.6 Å². The van der Waals surface area contributed by atoms with Gasteiger partial charge in [-0.05, 0) is 18.8 Å². The number of hydrogen-bond acceptors (Lipinski definition) is 2. The first-order valence-corrected chi connectivity index (χ1v) is 5.24. The van der Waals surface area contributed by atoms with Crippen LogP contribution in [-0.2, 0) is 9.59 Å². The average molecular weight is 196 g/mol. The third-order valence-corrected chi connectivity index (χ3v) is 3.48. The van der Waals surface area contributed by atoms with Gasteiger partial charge >= 0.3 is 0 Å². The molecule has 0 radical (unpaired) electrons. The minimum Gasteiger partial charge on any atom is -0.345 e. The van der Waals surface area contributed by atoms with Crippen molar-refractivity contribution in [2.45, 2.75) is 38.1 Å². The summed E-state index contributed by atoms with van der Waals surface area (Å²) in [5.41, 5.74) is -0.604. The van der Waals surface area contributed by atoms with Gasteiger partial charge in [-0.1, -0.05) is 19.8 Å². The molecular formula is C10H16N2O2. The second-order valence-corrected chi connectivity index (χ2v) is 4.35. The summed E-state index contributed by atoms with van der Waals surface area (Å²) in [5.74, 6) is 0.197. The van der Waals surface area contributed by atoms with E-state index in [1.54, 1.807) is 0 Å². The van der Waals surface area contributed by atoms with E-state index >= 15 is 0 Å². The first-order valence-electron chi connectivity index (χ1n) is 5.24. The van der Waals surface area contributed by atoms with E-state index in [0.717, 1.165) is 25.7 Å². The molecule has 2 atom stereocenters. The molecule has 2 unspecified atom stereocenters. The fraction of sp³-hybridized carbons (Fsp3) is 0.800. The summed E-state index contributed by atoms with van der Waals surface area (Å²) < 4.78 is 0. The Morgan fingerprint density at radius 1 is 1.36 bits per heavy atom. The maximum Gasteiger partial charge on any atom is 0.246 e. The van der Waals surface area contributed by atoms with Crippen molar-refractivity contribution < 1.29 is 9.59 Å². The van der Waals surface area contributed by atoms with Crippen LogP contribution in [0, 0.1) is 5.92 Å². The summed E-state index contributed by atoms with van der Waals surface area (Å²) in [4.78, 5) is 23.1. The molecule has 2 N–H and O–H groups in total. The predicted molar refractivity (Wildman–Crippen MR) is 51.5 cm³/mol. The molecule has 4 nitrogen and oxygen atoms in total. The van der Waals surface area contributed by atoms with Gasteiger partial charge in [-0.3, -0.25) is 9.59 Å². The molecule has 4 heteroatoms. The van der Waals surface area contributed by atoms with E-state index in [1.807, 2.05) is 6.92 Å². The molecule has 2 aliphatic rings. The van der Waals surface area contributed by atoms with Crippen LogP contribution in [0.2, 0.25) is 0 Å². The highest BCUT2D eigenvalue weighted by Crippen LogP contribution is 2.34. The molecule has 78 valence electrons. The van der Waals surface area contributed by atoms with Crippen molar-refractivity contribution in [2.24, 2.45) is 5.92 Å². The minimum atomic E-state index is -0.604. The van der Waals surface area contributed by atoms with Crippen LogP contribution in [0.5, 0.6) is 0 Å². The van der Waals surface area contributed by atoms with Gasteiger partial charge < -0.3 is 10.6 Å². The molecule has 2 fully saturated rings. The highest BCUT2D eigenvalue weighted by atomic mass is 16.2. The Hall–Kier alpha value is -1.06. The van der Waals surface area contributed by atoms with Gasteiger partial charge in [0.25, 0.3) is 0 Å². The van der Waals surface area contributed by atoms with Crippen LogP contribution >= 0.6 is 0 Å². The van der Waals surface area contributed by atoms with Crippen LogP contribution in [-0.4, -0.2) is 23.9 Å². The summed E-state index contributed by atoms with van der Waals surface area (Å²) >= 11 is 0. The van der Waals surface area contributed by atoms with Crippen LogP contribution in [0.25, 0.3) is 0 Å². The molecule has 14 heavy (non-hydrogen) atoms. The lowest BCUT2D eigenvalue weighted by molar-refractivity contribution is -0.142. The summed E-state index contributed by atoms with van der Waals surface area (Å²) in [5, 5.41) is 5.55. The van der Waals surface area contributed by atoms with Crippen molar-refractivity contribution in [3.05, 3.63) is 0 Å². The molecule has 0 aromatic carbocycles. The monoisotopic (exact) mass is 196 g/mol. The van der Waals surface area contributed by atoms with Crippen LogP contribution in [0.4, 0.5) is 0 Å². The molecule has 2 amide bonds. The lowest BCUT2D eigenvalue weighted by Crippen LogP contribution is -2.69. The smallest absolute Gasteiger partial charge is 0.246 e. The molecule has 0 aromatic heterocycles. The molecule has 2 rings (SSSR count). The van der Waals surface area contributed by atoms with E-state index in [2.05, 4.69) is 10.6 Å². The Balaban J connectivity index is 2.25. The Morgan fingerprint density at radius 2 is 2.14 bits per heavy atom. The van der Waals surface area contributed by atoms with E-state index in [-0.39, 0.29) is 24.3 Å². The molecule has 1 spiro atoms. The highest BCUT2D eigenvalue weighted by molar-refractivity contribution is 5.98. The van der Waals surface area contributed by atoms with Crippen molar-refractivity contribution in [2.75, 3.05) is 6.54 Å². The van der Waals surface area contributed by atoms with Gasteiger partial charge in [-0.15, -0.1) is 0 Å². The van der Waals surface area contributed by atoms with E-state index in [9.17, 15) is 9.59 Å². The lowest BCUT2D eigenvalue weighted by Gasteiger charge is -2.44. The number of nitrogens with one attached hydrogen (secondary N) is 2. The van der Waals surface area contributed by atoms with Gasteiger partial charge in [0.05, 0.1) is 6.54 Å². The van der Waals surface area contributed by atoms with E-state index in [0.29, 0.717) is 0 Å². The van der Waals surface area contributed by atoms with Crippen LogP contribution in [0.1, 0.15) is 32.6 Å². The zero-order chi connectivity index (χ0) is 10.2. The van der Waals surface area contributed by atoms with Crippen molar-refractivity contribution >= 4 is 11.8 Å². The maximum atomic E-state index is 11.8. The van der Waals surface area contributed by atoms with Gasteiger partial charge in [0.2, 0.25) is 11.8 Å². The second-order valence-electron chi connectivity index (χ2n) is 4.35. The van der Waals surface area contributed by atoms with Crippen molar-refractivity contribution in [1.82, 2.24) is 10.6 Å². The summed E-state index contributed by atoms with van der Waals surface area (Å²) in [6, 6.07) is 0. The molecule has 1 saturated carbocycles. The van der Waals surface area contributed by atoms with Crippen LogP contribution in [0.15, 0.2) is 0 Å². The number of hydrogen-bond donors (Lipinski definition) is 2. The molecule has 1 aliphatic heterocycles. The number of carbonyl (C=O) groups is 2. The number of rotatable bonds is 0. The third-order valence-electron chi connectivity index (χ3n) is 3.48. The number of piperazine rings is 1. The van der Waals surface area contributed by atoms with Gasteiger partial charge in [0.1, 0.15) is 5.54 Å². The summed E-state index contributed by atoms with van der Waals surface area (Å²) in [7, 11) is 0. The van der Waals surface area contributed by atoms with Crippen molar-refractivity contribution in [1.29, 1.82) is 0 Å². The molecular weight excluding hydrogens is 180 g/mol. The topological polar surface area (TPSA) is 58.2 Å². The van der Waals surface area contributed by atoms with Gasteiger partial charge in [-0.2, -0.15) is 0 Å². The Morgan fingerprint density at radius 3 is 2.86 bits per heavy atom. The number of carbonyl (C=O) groups excluding carboxylic acids is 2. The second kappa shape index (κ2) is 3.26. The van der Waals surface area contributed by atoms with Gasteiger partial charge in [0, 0.05) is 0 Å². The molecule has 1 saturated heterocycles. The molecule has 1 heterocycles. The lowest BCUT2D eigenvalue weighted by atomic mass is 9.72.